The van der Waals surface area contributed by atoms with Crippen molar-refractivity contribution in [3.05, 3.63) is 54.4 Å². The Labute approximate surface area is 140 Å². The van der Waals surface area contributed by atoms with Crippen molar-refractivity contribution in [1.82, 2.24) is 15.3 Å². The molecule has 1 aromatic carbocycles. The van der Waals surface area contributed by atoms with Gasteiger partial charge in [-0.25, -0.2) is 14.8 Å². The molecule has 0 spiro atoms. The Morgan fingerprint density at radius 1 is 1.17 bits per heavy atom. The maximum atomic E-state index is 11.6. The molecule has 0 aliphatic rings. The lowest BCUT2D eigenvalue weighted by Crippen LogP contribution is -2.28. The molecule has 122 valence electrons. The first-order valence-corrected chi connectivity index (χ1v) is 7.79. The lowest BCUT2D eigenvalue weighted by molar-refractivity contribution is 0.252. The molecule has 0 saturated heterocycles. The fourth-order valence-corrected chi connectivity index (χ4v) is 2.41. The smallest absolute Gasteiger partial charge is 0.320 e. The fraction of sp³-hybridized carbons (Fsp3) is 0.167. The van der Waals surface area contributed by atoms with Crippen LogP contribution >= 0.6 is 0 Å². The SMILES string of the molecule is CCNC(=O)Nc1cc2cccc(Nc3ncccc3C)c2cn1. The van der Waals surface area contributed by atoms with Crippen LogP contribution in [0, 0.1) is 6.92 Å². The number of hydrogen-bond donors (Lipinski definition) is 3. The normalized spacial score (nSPS) is 10.4. The largest absolute Gasteiger partial charge is 0.339 e. The van der Waals surface area contributed by atoms with Gasteiger partial charge in [0.25, 0.3) is 0 Å². The molecule has 3 aromatic rings. The minimum atomic E-state index is -0.261. The van der Waals surface area contributed by atoms with Crippen molar-refractivity contribution >= 4 is 34.1 Å². The predicted octanol–water partition coefficient (Wildman–Crippen LogP) is 3.82. The van der Waals surface area contributed by atoms with Crippen LogP contribution in [-0.2, 0) is 0 Å². The summed E-state index contributed by atoms with van der Waals surface area (Å²) in [7, 11) is 0. The molecule has 0 atom stereocenters. The van der Waals surface area contributed by atoms with Crippen LogP contribution in [0.4, 0.5) is 22.1 Å². The lowest BCUT2D eigenvalue weighted by Gasteiger charge is -2.12. The number of carbonyl (C=O) groups is 1. The number of nitrogens with zero attached hydrogens (tertiary/aromatic N) is 2. The van der Waals surface area contributed by atoms with E-state index in [-0.39, 0.29) is 6.03 Å². The van der Waals surface area contributed by atoms with Crippen LogP contribution < -0.4 is 16.0 Å². The molecule has 0 aliphatic carbocycles. The number of rotatable bonds is 4. The highest BCUT2D eigenvalue weighted by atomic mass is 16.2. The van der Waals surface area contributed by atoms with E-state index in [2.05, 4.69) is 25.9 Å². The Balaban J connectivity index is 1.91. The highest BCUT2D eigenvalue weighted by Crippen LogP contribution is 2.27. The molecule has 0 fully saturated rings. The summed E-state index contributed by atoms with van der Waals surface area (Å²) in [6, 6.07) is 11.4. The summed E-state index contributed by atoms with van der Waals surface area (Å²) >= 11 is 0. The Kier molecular flexibility index (Phi) is 4.56. The zero-order valence-corrected chi connectivity index (χ0v) is 13.6. The summed E-state index contributed by atoms with van der Waals surface area (Å²) in [5.74, 6) is 1.33. The number of carbonyl (C=O) groups excluding carboxylic acids is 1. The number of hydrogen-bond acceptors (Lipinski definition) is 4. The number of pyridine rings is 2. The van der Waals surface area contributed by atoms with E-state index in [0.29, 0.717) is 12.4 Å². The first kappa shape index (κ1) is 15.7. The molecule has 6 nitrogen and oxygen atoms in total. The molecule has 3 N–H and O–H groups in total. The van der Waals surface area contributed by atoms with Gasteiger partial charge >= 0.3 is 6.03 Å². The van der Waals surface area contributed by atoms with Crippen molar-refractivity contribution < 1.29 is 4.79 Å². The van der Waals surface area contributed by atoms with E-state index in [1.54, 1.807) is 12.4 Å². The van der Waals surface area contributed by atoms with Gasteiger partial charge in [-0.3, -0.25) is 5.32 Å². The predicted molar refractivity (Wildman–Crippen MR) is 96.7 cm³/mol. The van der Waals surface area contributed by atoms with Crippen LogP contribution in [0.3, 0.4) is 0 Å². The van der Waals surface area contributed by atoms with E-state index in [4.69, 9.17) is 0 Å². The molecule has 2 aromatic heterocycles. The maximum Gasteiger partial charge on any atom is 0.320 e. The second kappa shape index (κ2) is 6.95. The average Bonchev–Trinajstić information content (AvgIpc) is 2.57. The third-order valence-electron chi connectivity index (χ3n) is 3.61. The number of urea groups is 1. The molecule has 0 aliphatic heterocycles. The Bertz CT molecular complexity index is 878. The van der Waals surface area contributed by atoms with Crippen LogP contribution in [-0.4, -0.2) is 22.5 Å². The quantitative estimate of drug-likeness (QED) is 0.682. The first-order valence-electron chi connectivity index (χ1n) is 7.79. The third kappa shape index (κ3) is 3.43. The van der Waals surface area contributed by atoms with Gasteiger partial charge in [0.05, 0.1) is 0 Å². The van der Waals surface area contributed by atoms with E-state index in [0.717, 1.165) is 27.8 Å². The molecule has 0 radical (unpaired) electrons. The minimum absolute atomic E-state index is 0.261. The van der Waals surface area contributed by atoms with Crippen LogP contribution in [0.25, 0.3) is 10.8 Å². The molecular weight excluding hydrogens is 302 g/mol. The number of amides is 2. The maximum absolute atomic E-state index is 11.6. The molecule has 0 unspecified atom stereocenters. The average molecular weight is 321 g/mol. The van der Waals surface area contributed by atoms with E-state index < -0.39 is 0 Å². The van der Waals surface area contributed by atoms with E-state index in [1.165, 1.54) is 0 Å². The second-order valence-electron chi connectivity index (χ2n) is 5.37. The van der Waals surface area contributed by atoms with Gasteiger partial charge < -0.3 is 10.6 Å². The highest BCUT2D eigenvalue weighted by molar-refractivity contribution is 5.97. The molecule has 2 amide bonds. The molecular formula is C18H19N5O. The third-order valence-corrected chi connectivity index (χ3v) is 3.61. The summed E-state index contributed by atoms with van der Waals surface area (Å²) in [6.07, 6.45) is 3.50. The highest BCUT2D eigenvalue weighted by Gasteiger charge is 2.07. The van der Waals surface area contributed by atoms with Gasteiger partial charge in [0, 0.05) is 30.0 Å². The number of anilines is 3. The minimum Gasteiger partial charge on any atom is -0.339 e. The molecule has 2 heterocycles. The van der Waals surface area contributed by atoms with Crippen LogP contribution in [0.1, 0.15) is 12.5 Å². The molecule has 0 bridgehead atoms. The van der Waals surface area contributed by atoms with Gasteiger partial charge in [0.2, 0.25) is 0 Å². The Morgan fingerprint density at radius 3 is 2.83 bits per heavy atom. The van der Waals surface area contributed by atoms with Crippen molar-refractivity contribution in [2.75, 3.05) is 17.2 Å². The van der Waals surface area contributed by atoms with Gasteiger partial charge in [-0.05, 0) is 43.0 Å². The van der Waals surface area contributed by atoms with Crippen LogP contribution in [0.5, 0.6) is 0 Å². The van der Waals surface area contributed by atoms with Crippen LogP contribution in [0.2, 0.25) is 0 Å². The van der Waals surface area contributed by atoms with Gasteiger partial charge in [-0.2, -0.15) is 0 Å². The number of nitrogens with one attached hydrogen (secondary N) is 3. The number of aromatic nitrogens is 2. The number of fused-ring (bicyclic) bond motifs is 1. The van der Waals surface area contributed by atoms with Crippen molar-refractivity contribution in [2.45, 2.75) is 13.8 Å². The van der Waals surface area contributed by atoms with Crippen molar-refractivity contribution in [2.24, 2.45) is 0 Å². The molecule has 24 heavy (non-hydrogen) atoms. The zero-order valence-electron chi connectivity index (χ0n) is 13.6. The topological polar surface area (TPSA) is 78.9 Å². The standard InChI is InChI=1S/C18H19N5O/c1-3-19-18(24)23-16-10-13-7-4-8-15(14(13)11-21-16)22-17-12(2)6-5-9-20-17/h4-11H,3H2,1-2H3,(H,20,22)(H2,19,21,23,24). The second-order valence-corrected chi connectivity index (χ2v) is 5.37. The summed E-state index contributed by atoms with van der Waals surface area (Å²) < 4.78 is 0. The van der Waals surface area contributed by atoms with E-state index in [1.807, 2.05) is 50.2 Å². The first-order chi connectivity index (χ1) is 11.7. The van der Waals surface area contributed by atoms with Crippen molar-refractivity contribution in [3.63, 3.8) is 0 Å². The van der Waals surface area contributed by atoms with E-state index in [9.17, 15) is 4.79 Å². The van der Waals surface area contributed by atoms with Crippen molar-refractivity contribution in [3.8, 4) is 0 Å². The number of aryl methyl sites for hydroxylation is 1. The summed E-state index contributed by atoms with van der Waals surface area (Å²) in [5.41, 5.74) is 1.99. The monoisotopic (exact) mass is 321 g/mol. The van der Waals surface area contributed by atoms with Crippen LogP contribution in [0.15, 0.2) is 48.8 Å². The fourth-order valence-electron chi connectivity index (χ4n) is 2.41. The molecule has 3 rings (SSSR count). The van der Waals surface area contributed by atoms with Gasteiger partial charge in [0.15, 0.2) is 0 Å². The zero-order chi connectivity index (χ0) is 16.9. The van der Waals surface area contributed by atoms with Gasteiger partial charge in [-0.1, -0.05) is 18.2 Å². The molecule has 6 heteroatoms. The van der Waals surface area contributed by atoms with Crippen molar-refractivity contribution in [1.29, 1.82) is 0 Å². The number of benzene rings is 1. The Hall–Kier alpha value is -3.15. The van der Waals surface area contributed by atoms with Gasteiger partial charge in [-0.15, -0.1) is 0 Å². The lowest BCUT2D eigenvalue weighted by atomic mass is 10.1. The summed E-state index contributed by atoms with van der Waals surface area (Å²) in [6.45, 7) is 4.44. The Morgan fingerprint density at radius 2 is 2.04 bits per heavy atom. The van der Waals surface area contributed by atoms with Gasteiger partial charge in [0.1, 0.15) is 11.6 Å². The van der Waals surface area contributed by atoms with E-state index >= 15 is 0 Å². The molecule has 0 saturated carbocycles. The summed E-state index contributed by atoms with van der Waals surface area (Å²) in [5, 5.41) is 10.7. The summed E-state index contributed by atoms with van der Waals surface area (Å²) in [4.78, 5) is 20.3.